The van der Waals surface area contributed by atoms with Crippen LogP contribution in [-0.2, 0) is 0 Å². The highest BCUT2D eigenvalue weighted by Crippen LogP contribution is 2.30. The molecule has 0 fully saturated rings. The van der Waals surface area contributed by atoms with Gasteiger partial charge in [0.1, 0.15) is 5.75 Å². The number of hydrogen-bond donors (Lipinski definition) is 0. The lowest BCUT2D eigenvalue weighted by molar-refractivity contribution is 0.0988. The van der Waals surface area contributed by atoms with Gasteiger partial charge >= 0.3 is 0 Å². The van der Waals surface area contributed by atoms with Gasteiger partial charge < -0.3 is 4.74 Å². The molecule has 104 valence electrons. The molecule has 0 amide bonds. The van der Waals surface area contributed by atoms with Crippen molar-refractivity contribution in [3.63, 3.8) is 0 Å². The van der Waals surface area contributed by atoms with Gasteiger partial charge in [-0.05, 0) is 25.5 Å². The molecule has 20 heavy (non-hydrogen) atoms. The van der Waals surface area contributed by atoms with E-state index in [0.29, 0.717) is 6.42 Å². The van der Waals surface area contributed by atoms with E-state index in [2.05, 4.69) is 0 Å². The highest BCUT2D eigenvalue weighted by atomic mass is 16.5. The molecule has 2 nitrogen and oxygen atoms in total. The summed E-state index contributed by atoms with van der Waals surface area (Å²) < 4.78 is 5.83. The van der Waals surface area contributed by atoms with E-state index >= 15 is 0 Å². The van der Waals surface area contributed by atoms with Crippen LogP contribution >= 0.6 is 0 Å². The van der Waals surface area contributed by atoms with Crippen LogP contribution in [0.2, 0.25) is 0 Å². The maximum Gasteiger partial charge on any atom is 0.162 e. The summed E-state index contributed by atoms with van der Waals surface area (Å²) in [5, 5.41) is 0. The summed E-state index contributed by atoms with van der Waals surface area (Å²) in [4.78, 5) is 11.6. The van der Waals surface area contributed by atoms with Crippen LogP contribution in [0.3, 0.4) is 0 Å². The Labute approximate surface area is 120 Å². The summed E-state index contributed by atoms with van der Waals surface area (Å²) in [6.07, 6.45) is 0.670. The van der Waals surface area contributed by atoms with Crippen LogP contribution in [0.15, 0.2) is 48.5 Å². The van der Waals surface area contributed by atoms with E-state index in [0.717, 1.165) is 22.4 Å². The fourth-order valence-electron chi connectivity index (χ4n) is 2.10. The molecular weight excluding hydrogens is 248 g/mol. The normalized spacial score (nSPS) is 10.6. The molecule has 0 spiro atoms. The van der Waals surface area contributed by atoms with E-state index < -0.39 is 0 Å². The van der Waals surface area contributed by atoms with Crippen molar-refractivity contribution in [3.05, 3.63) is 54.1 Å². The Balaban J connectivity index is 2.34. The van der Waals surface area contributed by atoms with E-state index in [1.165, 1.54) is 0 Å². The van der Waals surface area contributed by atoms with Gasteiger partial charge in [0.05, 0.1) is 6.10 Å². The smallest absolute Gasteiger partial charge is 0.162 e. The van der Waals surface area contributed by atoms with Crippen molar-refractivity contribution in [2.24, 2.45) is 0 Å². The van der Waals surface area contributed by atoms with Gasteiger partial charge in [-0.1, -0.05) is 49.4 Å². The molecule has 0 aliphatic heterocycles. The second-order valence-corrected chi connectivity index (χ2v) is 5.02. The highest BCUT2D eigenvalue weighted by molar-refractivity contribution is 5.96. The molecule has 2 heteroatoms. The van der Waals surface area contributed by atoms with Crippen LogP contribution < -0.4 is 4.74 Å². The van der Waals surface area contributed by atoms with Gasteiger partial charge in [-0.3, -0.25) is 4.79 Å². The fourth-order valence-corrected chi connectivity index (χ4v) is 2.10. The zero-order valence-electron chi connectivity index (χ0n) is 12.2. The van der Waals surface area contributed by atoms with Gasteiger partial charge in [0.2, 0.25) is 0 Å². The average molecular weight is 268 g/mol. The number of para-hydroxylation sites is 1. The number of benzene rings is 2. The number of hydrogen-bond acceptors (Lipinski definition) is 2. The number of carbonyl (C=O) groups excluding carboxylic acids is 1. The molecule has 0 aromatic heterocycles. The van der Waals surface area contributed by atoms with Gasteiger partial charge in [0.15, 0.2) is 5.78 Å². The predicted octanol–water partition coefficient (Wildman–Crippen LogP) is 4.73. The first-order valence-corrected chi connectivity index (χ1v) is 7.01. The maximum absolute atomic E-state index is 11.6. The topological polar surface area (TPSA) is 26.3 Å². The third kappa shape index (κ3) is 3.27. The number of ether oxygens (including phenoxy) is 1. The lowest BCUT2D eigenvalue weighted by Gasteiger charge is -2.14. The molecule has 2 aromatic rings. The minimum absolute atomic E-state index is 0.136. The van der Waals surface area contributed by atoms with Crippen molar-refractivity contribution in [3.8, 4) is 16.9 Å². The standard InChI is InChI=1S/C18H20O2/c1-4-17(19)15-11-9-14(10-12-15)16-7-5-6-8-18(16)20-13(2)3/h5-13H,4H2,1-3H3. The molecule has 0 atom stereocenters. The fraction of sp³-hybridized carbons (Fsp3) is 0.278. The summed E-state index contributed by atoms with van der Waals surface area (Å²) in [6.45, 7) is 5.90. The van der Waals surface area contributed by atoms with Crippen LogP contribution in [0.4, 0.5) is 0 Å². The Morgan fingerprint density at radius 2 is 1.70 bits per heavy atom. The molecule has 0 saturated heterocycles. The van der Waals surface area contributed by atoms with Crippen LogP contribution in [0.1, 0.15) is 37.6 Å². The minimum Gasteiger partial charge on any atom is -0.490 e. The summed E-state index contributed by atoms with van der Waals surface area (Å²) in [5.74, 6) is 1.04. The van der Waals surface area contributed by atoms with Gasteiger partial charge in [-0.25, -0.2) is 0 Å². The first-order valence-electron chi connectivity index (χ1n) is 7.01. The second-order valence-electron chi connectivity index (χ2n) is 5.02. The van der Waals surface area contributed by atoms with Gasteiger partial charge in [0, 0.05) is 17.5 Å². The van der Waals surface area contributed by atoms with E-state index in [9.17, 15) is 4.79 Å². The van der Waals surface area contributed by atoms with Crippen LogP contribution in [0, 0.1) is 0 Å². The van der Waals surface area contributed by atoms with Crippen LogP contribution in [0.25, 0.3) is 11.1 Å². The minimum atomic E-state index is 0.136. The molecule has 0 unspecified atom stereocenters. The summed E-state index contributed by atoms with van der Waals surface area (Å²) in [7, 11) is 0. The predicted molar refractivity (Wildman–Crippen MR) is 82.3 cm³/mol. The summed E-state index contributed by atoms with van der Waals surface area (Å²) >= 11 is 0. The molecular formula is C18H20O2. The zero-order valence-corrected chi connectivity index (χ0v) is 12.2. The highest BCUT2D eigenvalue weighted by Gasteiger charge is 2.08. The first-order chi connectivity index (χ1) is 9.61. The Morgan fingerprint density at radius 3 is 2.30 bits per heavy atom. The molecule has 0 N–H and O–H groups in total. The van der Waals surface area contributed by atoms with Crippen molar-refractivity contribution < 1.29 is 9.53 Å². The third-order valence-electron chi connectivity index (χ3n) is 3.09. The number of ketones is 1. The van der Waals surface area contributed by atoms with Gasteiger partial charge in [-0.15, -0.1) is 0 Å². The maximum atomic E-state index is 11.6. The van der Waals surface area contributed by atoms with Crippen LogP contribution in [-0.4, -0.2) is 11.9 Å². The number of rotatable bonds is 5. The largest absolute Gasteiger partial charge is 0.490 e. The first kappa shape index (κ1) is 14.3. The zero-order chi connectivity index (χ0) is 14.5. The molecule has 0 aliphatic rings. The average Bonchev–Trinajstić information content (AvgIpc) is 2.46. The Kier molecular flexibility index (Phi) is 4.57. The SMILES string of the molecule is CCC(=O)c1ccc(-c2ccccc2OC(C)C)cc1. The molecule has 2 rings (SSSR count). The van der Waals surface area contributed by atoms with E-state index in [4.69, 9.17) is 4.74 Å². The van der Waals surface area contributed by atoms with Crippen molar-refractivity contribution in [1.82, 2.24) is 0 Å². The van der Waals surface area contributed by atoms with Crippen molar-refractivity contribution in [1.29, 1.82) is 0 Å². The number of carbonyl (C=O) groups is 1. The Morgan fingerprint density at radius 1 is 1.05 bits per heavy atom. The van der Waals surface area contributed by atoms with E-state index in [1.807, 2.05) is 69.3 Å². The molecule has 0 heterocycles. The summed E-state index contributed by atoms with van der Waals surface area (Å²) in [5.41, 5.74) is 2.88. The van der Waals surface area contributed by atoms with Gasteiger partial charge in [-0.2, -0.15) is 0 Å². The third-order valence-corrected chi connectivity index (χ3v) is 3.09. The number of Topliss-reactive ketones (excluding diaryl/α,β-unsaturated/α-hetero) is 1. The van der Waals surface area contributed by atoms with Gasteiger partial charge in [0.25, 0.3) is 0 Å². The summed E-state index contributed by atoms with van der Waals surface area (Å²) in [6, 6.07) is 15.7. The van der Waals surface area contributed by atoms with Crippen molar-refractivity contribution in [2.45, 2.75) is 33.3 Å². The molecule has 0 radical (unpaired) electrons. The van der Waals surface area contributed by atoms with E-state index in [-0.39, 0.29) is 11.9 Å². The Hall–Kier alpha value is -2.09. The van der Waals surface area contributed by atoms with Crippen molar-refractivity contribution >= 4 is 5.78 Å². The lowest BCUT2D eigenvalue weighted by Crippen LogP contribution is -2.06. The van der Waals surface area contributed by atoms with E-state index in [1.54, 1.807) is 0 Å². The lowest BCUT2D eigenvalue weighted by atomic mass is 10.0. The Bertz CT molecular complexity index is 583. The quantitative estimate of drug-likeness (QED) is 0.732. The monoisotopic (exact) mass is 268 g/mol. The second kappa shape index (κ2) is 6.38. The van der Waals surface area contributed by atoms with Crippen LogP contribution in [0.5, 0.6) is 5.75 Å². The molecule has 2 aromatic carbocycles. The molecule has 0 aliphatic carbocycles. The van der Waals surface area contributed by atoms with Crippen molar-refractivity contribution in [2.75, 3.05) is 0 Å². The molecule has 0 bridgehead atoms. The molecule has 0 saturated carbocycles.